The maximum atomic E-state index is 12.8. The lowest BCUT2D eigenvalue weighted by molar-refractivity contribution is -0.384. The monoisotopic (exact) mass is 483 g/mol. The van der Waals surface area contributed by atoms with Gasteiger partial charge in [0.25, 0.3) is 5.69 Å². The fourth-order valence-electron chi connectivity index (χ4n) is 3.54. The number of nitro benzene ring substituents is 1. The second kappa shape index (κ2) is 10.2. The lowest BCUT2D eigenvalue weighted by Crippen LogP contribution is -2.40. The van der Waals surface area contributed by atoms with Gasteiger partial charge in [0.05, 0.1) is 23.0 Å². The number of morpholine rings is 1. The molecule has 0 saturated carbocycles. The Balaban J connectivity index is 1.47. The molecule has 0 spiro atoms. The Morgan fingerprint density at radius 1 is 1.06 bits per heavy atom. The standard InChI is InChI=1S/C23H25N5O5S/c1-2-19-15-22(26-23(25-19)18-5-7-20(8-6-18)28(29)30)24-16-17-3-9-21(10-4-17)34(31,32)27-11-13-33-14-12-27/h3-10,15H,2,11-14,16H2,1H3,(H,24,25,26). The van der Waals surface area contributed by atoms with Gasteiger partial charge >= 0.3 is 0 Å². The van der Waals surface area contributed by atoms with Crippen molar-refractivity contribution in [2.75, 3.05) is 31.6 Å². The van der Waals surface area contributed by atoms with E-state index in [0.717, 1.165) is 11.3 Å². The van der Waals surface area contributed by atoms with Gasteiger partial charge < -0.3 is 10.1 Å². The molecule has 10 nitrogen and oxygen atoms in total. The molecule has 0 aliphatic carbocycles. The molecule has 2 aromatic carbocycles. The molecule has 0 amide bonds. The van der Waals surface area contributed by atoms with E-state index in [-0.39, 0.29) is 10.6 Å². The summed E-state index contributed by atoms with van der Waals surface area (Å²) in [7, 11) is -3.53. The molecule has 3 aromatic rings. The van der Waals surface area contributed by atoms with Crippen LogP contribution in [0.4, 0.5) is 11.5 Å². The van der Waals surface area contributed by atoms with Crippen LogP contribution >= 0.6 is 0 Å². The largest absolute Gasteiger partial charge is 0.379 e. The quantitative estimate of drug-likeness (QED) is 0.382. The first kappa shape index (κ1) is 23.7. The zero-order chi connectivity index (χ0) is 24.1. The van der Waals surface area contributed by atoms with Crippen molar-refractivity contribution in [1.29, 1.82) is 0 Å². The van der Waals surface area contributed by atoms with Crippen molar-refractivity contribution in [3.8, 4) is 11.4 Å². The minimum Gasteiger partial charge on any atom is -0.379 e. The van der Waals surface area contributed by atoms with E-state index in [4.69, 9.17) is 4.74 Å². The van der Waals surface area contributed by atoms with E-state index in [1.807, 2.05) is 13.0 Å². The number of aryl methyl sites for hydroxylation is 1. The van der Waals surface area contributed by atoms with Crippen LogP contribution in [0.1, 0.15) is 18.2 Å². The van der Waals surface area contributed by atoms with Crippen LogP contribution in [0.2, 0.25) is 0 Å². The highest BCUT2D eigenvalue weighted by atomic mass is 32.2. The number of hydrogen-bond acceptors (Lipinski definition) is 8. The molecule has 0 radical (unpaired) electrons. The summed E-state index contributed by atoms with van der Waals surface area (Å²) in [6.45, 7) is 3.95. The molecule has 1 saturated heterocycles. The van der Waals surface area contributed by atoms with Crippen LogP contribution in [0.15, 0.2) is 59.5 Å². The molecule has 1 aliphatic rings. The Bertz CT molecular complexity index is 1260. The summed E-state index contributed by atoms with van der Waals surface area (Å²) in [5.74, 6) is 1.09. The zero-order valence-corrected chi connectivity index (χ0v) is 19.5. The number of ether oxygens (including phenoxy) is 1. The number of nitro groups is 1. The summed E-state index contributed by atoms with van der Waals surface area (Å²) < 4.78 is 32.2. The third kappa shape index (κ3) is 5.38. The second-order valence-corrected chi connectivity index (χ2v) is 9.68. The molecular formula is C23H25N5O5S. The fourth-order valence-corrected chi connectivity index (χ4v) is 4.95. The Kier molecular flexibility index (Phi) is 7.15. The topological polar surface area (TPSA) is 128 Å². The smallest absolute Gasteiger partial charge is 0.269 e. The molecule has 178 valence electrons. The van der Waals surface area contributed by atoms with Gasteiger partial charge in [-0.05, 0) is 36.2 Å². The van der Waals surface area contributed by atoms with Gasteiger partial charge in [0, 0.05) is 49.1 Å². The third-order valence-corrected chi connectivity index (χ3v) is 7.40. The first-order valence-electron chi connectivity index (χ1n) is 10.9. The van der Waals surface area contributed by atoms with Crippen molar-refractivity contribution in [2.24, 2.45) is 0 Å². The van der Waals surface area contributed by atoms with Crippen LogP contribution in [-0.2, 0) is 27.7 Å². The van der Waals surface area contributed by atoms with Gasteiger partial charge in [0.15, 0.2) is 5.82 Å². The summed E-state index contributed by atoms with van der Waals surface area (Å²) in [6.07, 6.45) is 0.700. The fraction of sp³-hybridized carbons (Fsp3) is 0.304. The van der Waals surface area contributed by atoms with Crippen molar-refractivity contribution in [1.82, 2.24) is 14.3 Å². The molecule has 0 bridgehead atoms. The summed E-state index contributed by atoms with van der Waals surface area (Å²) >= 11 is 0. The average Bonchev–Trinajstić information content (AvgIpc) is 2.88. The molecule has 34 heavy (non-hydrogen) atoms. The summed E-state index contributed by atoms with van der Waals surface area (Å²) in [5.41, 5.74) is 2.42. The zero-order valence-electron chi connectivity index (χ0n) is 18.7. The number of nitrogens with zero attached hydrogens (tertiary/aromatic N) is 4. The number of aromatic nitrogens is 2. The molecule has 4 rings (SSSR count). The molecule has 1 aliphatic heterocycles. The van der Waals surface area contributed by atoms with E-state index >= 15 is 0 Å². The minimum atomic E-state index is -3.53. The Labute approximate surface area is 197 Å². The summed E-state index contributed by atoms with van der Waals surface area (Å²) in [5, 5.41) is 14.2. The Hall–Kier alpha value is -3.41. The molecular weight excluding hydrogens is 458 g/mol. The minimum absolute atomic E-state index is 0.00725. The van der Waals surface area contributed by atoms with Crippen molar-refractivity contribution in [2.45, 2.75) is 24.8 Å². The van der Waals surface area contributed by atoms with Crippen LogP contribution in [0.3, 0.4) is 0 Å². The van der Waals surface area contributed by atoms with E-state index in [9.17, 15) is 18.5 Å². The van der Waals surface area contributed by atoms with Gasteiger partial charge in [0.2, 0.25) is 10.0 Å². The maximum Gasteiger partial charge on any atom is 0.269 e. The van der Waals surface area contributed by atoms with Crippen LogP contribution in [0.25, 0.3) is 11.4 Å². The van der Waals surface area contributed by atoms with Crippen molar-refractivity contribution >= 4 is 21.5 Å². The average molecular weight is 484 g/mol. The van der Waals surface area contributed by atoms with Crippen LogP contribution < -0.4 is 5.32 Å². The van der Waals surface area contributed by atoms with Crippen molar-refractivity contribution in [3.05, 3.63) is 76.0 Å². The molecule has 11 heteroatoms. The van der Waals surface area contributed by atoms with E-state index in [0.29, 0.717) is 56.5 Å². The lowest BCUT2D eigenvalue weighted by atomic mass is 10.2. The third-order valence-electron chi connectivity index (χ3n) is 5.48. The Morgan fingerprint density at radius 3 is 2.35 bits per heavy atom. The van der Waals surface area contributed by atoms with Gasteiger partial charge in [0.1, 0.15) is 5.82 Å². The van der Waals surface area contributed by atoms with Crippen molar-refractivity contribution < 1.29 is 18.1 Å². The highest BCUT2D eigenvalue weighted by molar-refractivity contribution is 7.89. The lowest BCUT2D eigenvalue weighted by Gasteiger charge is -2.26. The van der Waals surface area contributed by atoms with Gasteiger partial charge in [-0.2, -0.15) is 4.31 Å². The molecule has 1 aromatic heterocycles. The molecule has 1 fully saturated rings. The van der Waals surface area contributed by atoms with Crippen LogP contribution in [-0.4, -0.2) is 53.9 Å². The number of hydrogen-bond donors (Lipinski definition) is 1. The second-order valence-electron chi connectivity index (χ2n) is 7.74. The summed E-state index contributed by atoms with van der Waals surface area (Å²) in [6, 6.07) is 14.7. The molecule has 0 unspecified atom stereocenters. The Morgan fingerprint density at radius 2 is 1.74 bits per heavy atom. The van der Waals surface area contributed by atoms with Gasteiger partial charge in [-0.3, -0.25) is 10.1 Å². The number of non-ortho nitro benzene ring substituents is 1. The van der Waals surface area contributed by atoms with Crippen LogP contribution in [0, 0.1) is 10.1 Å². The first-order valence-corrected chi connectivity index (χ1v) is 12.3. The highest BCUT2D eigenvalue weighted by Gasteiger charge is 2.26. The van der Waals surface area contributed by atoms with Gasteiger partial charge in [-0.15, -0.1) is 0 Å². The molecule has 1 N–H and O–H groups in total. The maximum absolute atomic E-state index is 12.8. The van der Waals surface area contributed by atoms with E-state index in [1.54, 1.807) is 36.4 Å². The van der Waals surface area contributed by atoms with Crippen LogP contribution in [0.5, 0.6) is 0 Å². The van der Waals surface area contributed by atoms with E-state index < -0.39 is 14.9 Å². The first-order chi connectivity index (χ1) is 16.4. The van der Waals surface area contributed by atoms with E-state index in [2.05, 4.69) is 15.3 Å². The molecule has 0 atom stereocenters. The number of sulfonamides is 1. The number of anilines is 1. The van der Waals surface area contributed by atoms with E-state index in [1.165, 1.54) is 16.4 Å². The van der Waals surface area contributed by atoms with Gasteiger partial charge in [-0.1, -0.05) is 19.1 Å². The number of rotatable bonds is 8. The number of nitrogens with one attached hydrogen (secondary N) is 1. The highest BCUT2D eigenvalue weighted by Crippen LogP contribution is 2.22. The summed E-state index contributed by atoms with van der Waals surface area (Å²) in [4.78, 5) is 19.8. The predicted octanol–water partition coefficient (Wildman–Crippen LogP) is 3.25. The SMILES string of the molecule is CCc1cc(NCc2ccc(S(=O)(=O)N3CCOCC3)cc2)nc(-c2ccc([N+](=O)[O-])cc2)n1. The van der Waals surface area contributed by atoms with Gasteiger partial charge in [-0.25, -0.2) is 18.4 Å². The normalized spacial score (nSPS) is 14.6. The predicted molar refractivity (Wildman–Crippen MR) is 127 cm³/mol. The molecule has 2 heterocycles. The number of benzene rings is 2. The van der Waals surface area contributed by atoms with Crippen molar-refractivity contribution in [3.63, 3.8) is 0 Å².